The molecule has 0 saturated carbocycles. The van der Waals surface area contributed by atoms with Crippen LogP contribution in [0.2, 0.25) is 0 Å². The summed E-state index contributed by atoms with van der Waals surface area (Å²) >= 11 is 0. The first kappa shape index (κ1) is 22.7. The third-order valence-electron chi connectivity index (χ3n) is 5.56. The minimum atomic E-state index is -0.229. The quantitative estimate of drug-likeness (QED) is 0.526. The molecule has 31 heavy (non-hydrogen) atoms. The molecule has 0 fully saturated rings. The smallest absolute Gasteiger partial charge is 0.273 e. The van der Waals surface area contributed by atoms with Gasteiger partial charge in [-0.1, -0.05) is 49.7 Å². The minimum absolute atomic E-state index is 0.229. The molecule has 0 aliphatic carbocycles. The highest BCUT2D eigenvalue weighted by Gasteiger charge is 2.21. The molecule has 3 aromatic rings. The predicted molar refractivity (Wildman–Crippen MR) is 122 cm³/mol. The topological polar surface area (TPSA) is 71.3 Å². The second-order valence-corrected chi connectivity index (χ2v) is 8.33. The average Bonchev–Trinajstić information content (AvgIpc) is 3.23. The van der Waals surface area contributed by atoms with Gasteiger partial charge in [0.25, 0.3) is 5.91 Å². The van der Waals surface area contributed by atoms with Crippen LogP contribution >= 0.6 is 0 Å². The van der Waals surface area contributed by atoms with Gasteiger partial charge in [-0.05, 0) is 37.5 Å². The maximum absolute atomic E-state index is 12.4. The molecular formula is C25H32N4O2. The lowest BCUT2D eigenvalue weighted by molar-refractivity contribution is 0.0948. The van der Waals surface area contributed by atoms with Gasteiger partial charge in [0.05, 0.1) is 6.54 Å². The Bertz CT molecular complexity index is 951. The SMILES string of the molecule is Cc1ccc(CN(Cc2nc(C(=O)NCCc3ccccn3)co2)[C@@H](C)C(C)C)cc1. The van der Waals surface area contributed by atoms with E-state index in [0.29, 0.717) is 43.1 Å². The Morgan fingerprint density at radius 1 is 1.10 bits per heavy atom. The number of pyridine rings is 1. The first-order valence-electron chi connectivity index (χ1n) is 10.8. The van der Waals surface area contributed by atoms with Crippen molar-refractivity contribution in [1.29, 1.82) is 0 Å². The molecule has 164 valence electrons. The molecule has 1 amide bonds. The van der Waals surface area contributed by atoms with Crippen molar-refractivity contribution < 1.29 is 9.21 Å². The van der Waals surface area contributed by atoms with E-state index in [1.807, 2.05) is 18.2 Å². The van der Waals surface area contributed by atoms with Crippen LogP contribution in [0.5, 0.6) is 0 Å². The van der Waals surface area contributed by atoms with Crippen LogP contribution in [0.4, 0.5) is 0 Å². The highest BCUT2D eigenvalue weighted by atomic mass is 16.3. The molecule has 6 heteroatoms. The molecular weight excluding hydrogens is 388 g/mol. The molecule has 3 rings (SSSR count). The number of nitrogens with zero attached hydrogens (tertiary/aromatic N) is 3. The Morgan fingerprint density at radius 2 is 1.87 bits per heavy atom. The molecule has 1 atom stereocenters. The summed E-state index contributed by atoms with van der Waals surface area (Å²) in [5.41, 5.74) is 3.75. The maximum atomic E-state index is 12.4. The van der Waals surface area contributed by atoms with Gasteiger partial charge in [-0.15, -0.1) is 0 Å². The second kappa shape index (κ2) is 10.9. The van der Waals surface area contributed by atoms with Crippen molar-refractivity contribution in [3.05, 3.63) is 83.3 Å². The molecule has 0 unspecified atom stereocenters. The Morgan fingerprint density at radius 3 is 2.55 bits per heavy atom. The Kier molecular flexibility index (Phi) is 7.95. The summed E-state index contributed by atoms with van der Waals surface area (Å²) in [6.45, 7) is 10.6. The van der Waals surface area contributed by atoms with E-state index in [0.717, 1.165) is 12.2 Å². The fraction of sp³-hybridized carbons (Fsp3) is 0.400. The normalized spacial score (nSPS) is 12.3. The fourth-order valence-electron chi connectivity index (χ4n) is 3.30. The molecule has 0 saturated heterocycles. The van der Waals surface area contributed by atoms with Crippen LogP contribution in [0.25, 0.3) is 0 Å². The molecule has 1 N–H and O–H groups in total. The van der Waals surface area contributed by atoms with Gasteiger partial charge < -0.3 is 9.73 Å². The van der Waals surface area contributed by atoms with Gasteiger partial charge in [0, 0.05) is 37.4 Å². The van der Waals surface area contributed by atoms with Crippen molar-refractivity contribution in [3.63, 3.8) is 0 Å². The number of aromatic nitrogens is 2. The molecule has 2 aromatic heterocycles. The van der Waals surface area contributed by atoms with Crippen molar-refractivity contribution in [2.24, 2.45) is 5.92 Å². The highest BCUT2D eigenvalue weighted by molar-refractivity contribution is 5.91. The van der Waals surface area contributed by atoms with Crippen molar-refractivity contribution >= 4 is 5.91 Å². The molecule has 2 heterocycles. The van der Waals surface area contributed by atoms with Crippen LogP contribution in [0.3, 0.4) is 0 Å². The van der Waals surface area contributed by atoms with Crippen molar-refractivity contribution in [2.45, 2.75) is 53.2 Å². The van der Waals surface area contributed by atoms with Crippen LogP contribution in [-0.4, -0.2) is 33.4 Å². The van der Waals surface area contributed by atoms with E-state index < -0.39 is 0 Å². The molecule has 0 aliphatic rings. The lowest BCUT2D eigenvalue weighted by Gasteiger charge is -2.30. The highest BCUT2D eigenvalue weighted by Crippen LogP contribution is 2.18. The Hall–Kier alpha value is -2.99. The number of carbonyl (C=O) groups is 1. The van der Waals surface area contributed by atoms with Crippen molar-refractivity contribution in [2.75, 3.05) is 6.54 Å². The lowest BCUT2D eigenvalue weighted by atomic mass is 10.0. The number of oxazole rings is 1. The number of benzene rings is 1. The zero-order chi connectivity index (χ0) is 22.2. The van der Waals surface area contributed by atoms with Crippen LogP contribution in [0, 0.1) is 12.8 Å². The van der Waals surface area contributed by atoms with E-state index in [1.54, 1.807) is 6.20 Å². The number of hydrogen-bond donors (Lipinski definition) is 1. The van der Waals surface area contributed by atoms with Crippen LogP contribution < -0.4 is 5.32 Å². The van der Waals surface area contributed by atoms with Gasteiger partial charge in [-0.25, -0.2) is 4.98 Å². The van der Waals surface area contributed by atoms with Crippen LogP contribution in [-0.2, 0) is 19.5 Å². The average molecular weight is 421 g/mol. The number of aryl methyl sites for hydroxylation is 1. The lowest BCUT2D eigenvalue weighted by Crippen LogP contribution is -2.36. The van der Waals surface area contributed by atoms with Crippen LogP contribution in [0.15, 0.2) is 59.3 Å². The van der Waals surface area contributed by atoms with Gasteiger partial charge in [0.15, 0.2) is 5.69 Å². The summed E-state index contributed by atoms with van der Waals surface area (Å²) in [5.74, 6) is 0.803. The molecule has 1 aromatic carbocycles. The zero-order valence-corrected chi connectivity index (χ0v) is 18.8. The van der Waals surface area contributed by atoms with Gasteiger partial charge in [-0.3, -0.25) is 14.7 Å². The van der Waals surface area contributed by atoms with Crippen molar-refractivity contribution in [1.82, 2.24) is 20.2 Å². The summed E-state index contributed by atoms with van der Waals surface area (Å²) in [6.07, 6.45) is 3.87. The Labute approximate surface area is 184 Å². The summed E-state index contributed by atoms with van der Waals surface area (Å²) in [7, 11) is 0. The second-order valence-electron chi connectivity index (χ2n) is 8.33. The van der Waals surface area contributed by atoms with E-state index in [1.165, 1.54) is 17.4 Å². The van der Waals surface area contributed by atoms with E-state index in [9.17, 15) is 4.79 Å². The summed E-state index contributed by atoms with van der Waals surface area (Å²) in [5, 5.41) is 2.89. The van der Waals surface area contributed by atoms with E-state index in [4.69, 9.17) is 4.42 Å². The predicted octanol–water partition coefficient (Wildman–Crippen LogP) is 4.40. The van der Waals surface area contributed by atoms with Gasteiger partial charge in [-0.2, -0.15) is 0 Å². The standard InChI is InChI=1S/C25H32N4O2/c1-18(2)20(4)29(15-21-10-8-19(3)9-11-21)16-24-28-23(17-31-24)25(30)27-14-12-22-7-5-6-13-26-22/h5-11,13,17-18,20H,12,14-16H2,1-4H3,(H,27,30)/t20-/m0/s1. The molecule has 6 nitrogen and oxygen atoms in total. The number of amides is 1. The summed E-state index contributed by atoms with van der Waals surface area (Å²) in [4.78, 5) is 23.5. The number of nitrogens with one attached hydrogen (secondary N) is 1. The third kappa shape index (κ3) is 6.76. The third-order valence-corrected chi connectivity index (χ3v) is 5.56. The summed E-state index contributed by atoms with van der Waals surface area (Å²) < 4.78 is 5.64. The molecule has 0 spiro atoms. The number of hydrogen-bond acceptors (Lipinski definition) is 5. The number of rotatable bonds is 10. The zero-order valence-electron chi connectivity index (χ0n) is 18.8. The van der Waals surface area contributed by atoms with Gasteiger partial charge in [0.1, 0.15) is 6.26 Å². The van der Waals surface area contributed by atoms with Gasteiger partial charge in [0.2, 0.25) is 5.89 Å². The monoisotopic (exact) mass is 420 g/mol. The van der Waals surface area contributed by atoms with E-state index >= 15 is 0 Å². The molecule has 0 aliphatic heterocycles. The number of carbonyl (C=O) groups excluding carboxylic acids is 1. The van der Waals surface area contributed by atoms with Crippen molar-refractivity contribution in [3.8, 4) is 0 Å². The summed E-state index contributed by atoms with van der Waals surface area (Å²) in [6, 6.07) is 14.7. The largest absolute Gasteiger partial charge is 0.447 e. The Balaban J connectivity index is 1.60. The van der Waals surface area contributed by atoms with Gasteiger partial charge >= 0.3 is 0 Å². The molecule has 0 bridgehead atoms. The van der Waals surface area contributed by atoms with Crippen LogP contribution in [0.1, 0.15) is 54.0 Å². The first-order valence-corrected chi connectivity index (χ1v) is 10.8. The maximum Gasteiger partial charge on any atom is 0.273 e. The van der Waals surface area contributed by atoms with E-state index in [2.05, 4.69) is 72.1 Å². The minimum Gasteiger partial charge on any atom is -0.447 e. The first-order chi connectivity index (χ1) is 14.9. The fourth-order valence-corrected chi connectivity index (χ4v) is 3.30. The van der Waals surface area contributed by atoms with E-state index in [-0.39, 0.29) is 5.91 Å². The molecule has 0 radical (unpaired) electrons.